The van der Waals surface area contributed by atoms with Gasteiger partial charge >= 0.3 is 0 Å². The Morgan fingerprint density at radius 3 is 3.21 bits per heavy atom. The summed E-state index contributed by atoms with van der Waals surface area (Å²) in [7, 11) is 2.05. The number of fused-ring (bicyclic) bond motifs is 3. The maximum Gasteiger partial charge on any atom is 0.136 e. The minimum absolute atomic E-state index is 0.187. The highest BCUT2D eigenvalue weighted by Crippen LogP contribution is 2.46. The van der Waals surface area contributed by atoms with E-state index in [0.29, 0.717) is 11.7 Å². The van der Waals surface area contributed by atoms with Gasteiger partial charge in [-0.2, -0.15) is 0 Å². The summed E-state index contributed by atoms with van der Waals surface area (Å²) in [4.78, 5) is 2.16. The number of nitrogens with zero attached hydrogens (tertiary/aromatic N) is 1. The summed E-state index contributed by atoms with van der Waals surface area (Å²) >= 11 is 0. The first-order valence-electron chi connectivity index (χ1n) is 4.95. The Balaban J connectivity index is 2.13. The summed E-state index contributed by atoms with van der Waals surface area (Å²) in [6, 6.07) is 5.56. The second-order valence-corrected chi connectivity index (χ2v) is 4.01. The van der Waals surface area contributed by atoms with Gasteiger partial charge in [-0.1, -0.05) is 0 Å². The maximum atomic E-state index is 9.44. The fourth-order valence-corrected chi connectivity index (χ4v) is 2.56. The van der Waals surface area contributed by atoms with Gasteiger partial charge in [0, 0.05) is 25.3 Å². The molecular formula is C11H13NO2. The van der Waals surface area contributed by atoms with Crippen molar-refractivity contribution in [3.05, 3.63) is 23.8 Å². The van der Waals surface area contributed by atoms with Crippen molar-refractivity contribution in [3.8, 4) is 5.75 Å². The van der Waals surface area contributed by atoms with Crippen LogP contribution >= 0.6 is 0 Å². The lowest BCUT2D eigenvalue weighted by molar-refractivity contribution is 0.110. The molecule has 0 bridgehead atoms. The molecule has 1 aromatic rings. The highest BCUT2D eigenvalue weighted by Gasteiger charge is 2.40. The van der Waals surface area contributed by atoms with Crippen LogP contribution in [0.25, 0.3) is 0 Å². The third-order valence-electron chi connectivity index (χ3n) is 3.23. The topological polar surface area (TPSA) is 32.7 Å². The molecule has 0 aromatic heterocycles. The van der Waals surface area contributed by atoms with Crippen LogP contribution in [0.2, 0.25) is 0 Å². The largest absolute Gasteiger partial charge is 0.508 e. The van der Waals surface area contributed by atoms with Crippen molar-refractivity contribution in [1.29, 1.82) is 0 Å². The average Bonchev–Trinajstić information content (AvgIpc) is 2.71. The molecule has 0 aliphatic carbocycles. The maximum absolute atomic E-state index is 9.44. The molecule has 3 heteroatoms. The summed E-state index contributed by atoms with van der Waals surface area (Å²) in [5, 5.41) is 9.44. The molecule has 2 atom stereocenters. The Hall–Kier alpha value is -1.22. The molecular weight excluding hydrogens is 178 g/mol. The highest BCUT2D eigenvalue weighted by molar-refractivity contribution is 5.62. The van der Waals surface area contributed by atoms with Crippen molar-refractivity contribution in [2.24, 2.45) is 0 Å². The molecule has 1 N–H and O–H groups in total. The molecule has 14 heavy (non-hydrogen) atoms. The second kappa shape index (κ2) is 2.64. The van der Waals surface area contributed by atoms with Gasteiger partial charge in [0.25, 0.3) is 0 Å². The molecule has 1 saturated heterocycles. The number of rotatable bonds is 0. The van der Waals surface area contributed by atoms with Crippen LogP contribution in [0.4, 0.5) is 5.69 Å². The normalized spacial score (nSPS) is 29.1. The van der Waals surface area contributed by atoms with E-state index in [1.165, 1.54) is 11.3 Å². The van der Waals surface area contributed by atoms with Crippen LogP contribution in [0.15, 0.2) is 18.2 Å². The van der Waals surface area contributed by atoms with Crippen molar-refractivity contribution < 1.29 is 9.84 Å². The molecule has 1 aromatic carbocycles. The Labute approximate surface area is 82.9 Å². The molecule has 0 spiro atoms. The zero-order valence-electron chi connectivity index (χ0n) is 8.10. The van der Waals surface area contributed by atoms with Crippen LogP contribution in [-0.2, 0) is 4.74 Å². The molecule has 3 rings (SSSR count). The van der Waals surface area contributed by atoms with Crippen molar-refractivity contribution in [3.63, 3.8) is 0 Å². The zero-order chi connectivity index (χ0) is 9.71. The summed E-state index contributed by atoms with van der Waals surface area (Å²) in [5.41, 5.74) is 2.42. The van der Waals surface area contributed by atoms with Crippen LogP contribution in [0.5, 0.6) is 5.75 Å². The van der Waals surface area contributed by atoms with Gasteiger partial charge in [0.05, 0.1) is 0 Å². The summed E-state index contributed by atoms with van der Waals surface area (Å²) < 4.78 is 5.66. The first-order valence-corrected chi connectivity index (χ1v) is 4.95. The van der Waals surface area contributed by atoms with E-state index in [-0.39, 0.29) is 6.23 Å². The predicted octanol–water partition coefficient (Wildman–Crippen LogP) is 1.67. The van der Waals surface area contributed by atoms with Gasteiger partial charge in [-0.3, -0.25) is 0 Å². The number of hydrogen-bond acceptors (Lipinski definition) is 3. The van der Waals surface area contributed by atoms with Crippen molar-refractivity contribution in [2.75, 3.05) is 18.6 Å². The second-order valence-electron chi connectivity index (χ2n) is 4.01. The SMILES string of the molecule is CN1c2ccc(O)cc2C2CCO[C@@H]21. The molecule has 2 heterocycles. The predicted molar refractivity (Wildman–Crippen MR) is 53.6 cm³/mol. The summed E-state index contributed by atoms with van der Waals surface area (Å²) in [5.74, 6) is 0.798. The number of phenols is 1. The Morgan fingerprint density at radius 2 is 2.36 bits per heavy atom. The minimum atomic E-state index is 0.187. The summed E-state index contributed by atoms with van der Waals surface area (Å²) in [6.07, 6.45) is 1.25. The Kier molecular flexibility index (Phi) is 1.53. The third kappa shape index (κ3) is 0.904. The van der Waals surface area contributed by atoms with Gasteiger partial charge in [-0.05, 0) is 30.2 Å². The molecule has 1 unspecified atom stereocenters. The molecule has 2 aliphatic heterocycles. The molecule has 0 amide bonds. The molecule has 74 valence electrons. The number of benzene rings is 1. The quantitative estimate of drug-likeness (QED) is 0.677. The Bertz CT molecular complexity index is 378. The third-order valence-corrected chi connectivity index (χ3v) is 3.23. The average molecular weight is 191 g/mol. The van der Waals surface area contributed by atoms with Crippen LogP contribution in [0.1, 0.15) is 17.9 Å². The van der Waals surface area contributed by atoms with Crippen molar-refractivity contribution >= 4 is 5.69 Å². The molecule has 2 aliphatic rings. The molecule has 3 nitrogen and oxygen atoms in total. The van der Waals surface area contributed by atoms with E-state index in [2.05, 4.69) is 4.90 Å². The number of hydrogen-bond donors (Lipinski definition) is 1. The molecule has 1 fully saturated rings. The monoisotopic (exact) mass is 191 g/mol. The lowest BCUT2D eigenvalue weighted by Crippen LogP contribution is -2.28. The van der Waals surface area contributed by atoms with E-state index < -0.39 is 0 Å². The van der Waals surface area contributed by atoms with E-state index in [1.807, 2.05) is 19.2 Å². The van der Waals surface area contributed by atoms with Gasteiger partial charge in [-0.15, -0.1) is 0 Å². The van der Waals surface area contributed by atoms with Crippen LogP contribution in [-0.4, -0.2) is 25.0 Å². The fourth-order valence-electron chi connectivity index (χ4n) is 2.56. The molecule has 0 saturated carbocycles. The Morgan fingerprint density at radius 1 is 1.50 bits per heavy atom. The van der Waals surface area contributed by atoms with Crippen molar-refractivity contribution in [2.45, 2.75) is 18.6 Å². The lowest BCUT2D eigenvalue weighted by Gasteiger charge is -2.20. The van der Waals surface area contributed by atoms with Gasteiger partial charge in [-0.25, -0.2) is 0 Å². The number of ether oxygens (including phenoxy) is 1. The number of aromatic hydroxyl groups is 1. The molecule has 0 radical (unpaired) electrons. The van der Waals surface area contributed by atoms with Crippen LogP contribution < -0.4 is 4.90 Å². The van der Waals surface area contributed by atoms with E-state index >= 15 is 0 Å². The van der Waals surface area contributed by atoms with Gasteiger partial charge in [0.2, 0.25) is 0 Å². The highest BCUT2D eigenvalue weighted by atomic mass is 16.5. The van der Waals surface area contributed by atoms with Crippen LogP contribution in [0, 0.1) is 0 Å². The number of phenolic OH excluding ortho intramolecular Hbond substituents is 1. The van der Waals surface area contributed by atoms with Crippen molar-refractivity contribution in [1.82, 2.24) is 0 Å². The number of anilines is 1. The fraction of sp³-hybridized carbons (Fsp3) is 0.455. The first-order chi connectivity index (χ1) is 6.77. The van der Waals surface area contributed by atoms with E-state index in [4.69, 9.17) is 4.74 Å². The van der Waals surface area contributed by atoms with Gasteiger partial charge < -0.3 is 14.7 Å². The van der Waals surface area contributed by atoms with E-state index in [1.54, 1.807) is 6.07 Å². The van der Waals surface area contributed by atoms with E-state index in [9.17, 15) is 5.11 Å². The smallest absolute Gasteiger partial charge is 0.136 e. The zero-order valence-corrected chi connectivity index (χ0v) is 8.10. The van der Waals surface area contributed by atoms with Crippen LogP contribution in [0.3, 0.4) is 0 Å². The van der Waals surface area contributed by atoms with Gasteiger partial charge in [0.1, 0.15) is 12.0 Å². The number of likely N-dealkylation sites (N-methyl/N-ethyl adjacent to an activating group) is 1. The van der Waals surface area contributed by atoms with E-state index in [0.717, 1.165) is 13.0 Å². The first kappa shape index (κ1) is 8.12. The lowest BCUT2D eigenvalue weighted by atomic mass is 9.98. The van der Waals surface area contributed by atoms with Gasteiger partial charge in [0.15, 0.2) is 0 Å². The summed E-state index contributed by atoms with van der Waals surface area (Å²) in [6.45, 7) is 0.828. The standard InChI is InChI=1S/C11H13NO2/c1-12-10-3-2-7(13)6-9(10)8-4-5-14-11(8)12/h2-3,6,8,11,13H,4-5H2,1H3/t8?,11-/m0/s1. The minimum Gasteiger partial charge on any atom is -0.508 e.